The fourth-order valence-corrected chi connectivity index (χ4v) is 3.07. The second kappa shape index (κ2) is 4.85. The maximum Gasteiger partial charge on any atom is 0.325 e. The molecular weight excluding hydrogens is 268 g/mol. The highest BCUT2D eigenvalue weighted by Crippen LogP contribution is 2.22. The fourth-order valence-electron chi connectivity index (χ4n) is 1.71. The van der Waals surface area contributed by atoms with Gasteiger partial charge in [-0.15, -0.1) is 0 Å². The van der Waals surface area contributed by atoms with E-state index in [1.165, 1.54) is 24.4 Å². The van der Waals surface area contributed by atoms with E-state index in [9.17, 15) is 18.5 Å². The molecule has 0 fully saturated rings. The Morgan fingerprint density at radius 1 is 1.21 bits per heavy atom. The molecule has 7 heteroatoms. The van der Waals surface area contributed by atoms with Crippen LogP contribution in [0.1, 0.15) is 11.1 Å². The fraction of sp³-hybridized carbons (Fsp3) is 0.167. The van der Waals surface area contributed by atoms with Crippen molar-refractivity contribution < 1.29 is 13.3 Å². The summed E-state index contributed by atoms with van der Waals surface area (Å²) < 4.78 is 24.3. The van der Waals surface area contributed by atoms with Crippen LogP contribution in [0.5, 0.6) is 0 Å². The third-order valence-corrected chi connectivity index (χ3v) is 4.40. The van der Waals surface area contributed by atoms with Crippen LogP contribution in [0.3, 0.4) is 0 Å². The number of H-pyrrole nitrogens is 1. The second-order valence-corrected chi connectivity index (χ2v) is 6.17. The summed E-state index contributed by atoms with van der Waals surface area (Å²) in [6.45, 7) is 1.85. The monoisotopic (exact) mass is 280 g/mol. The van der Waals surface area contributed by atoms with Crippen molar-refractivity contribution in [1.29, 1.82) is 0 Å². The highest BCUT2D eigenvalue weighted by molar-refractivity contribution is 7.90. The van der Waals surface area contributed by atoms with E-state index in [1.807, 2.05) is 6.92 Å². The van der Waals surface area contributed by atoms with E-state index in [0.29, 0.717) is 0 Å². The van der Waals surface area contributed by atoms with Crippen LogP contribution in [0.4, 0.5) is 5.82 Å². The predicted octanol–water partition coefficient (Wildman–Crippen LogP) is 2.21. The summed E-state index contributed by atoms with van der Waals surface area (Å²) in [7, 11) is -3.58. The maximum absolute atomic E-state index is 12.1. The van der Waals surface area contributed by atoms with Crippen molar-refractivity contribution in [3.63, 3.8) is 0 Å². The highest BCUT2D eigenvalue weighted by Gasteiger charge is 2.22. The van der Waals surface area contributed by atoms with E-state index in [2.05, 4.69) is 4.98 Å². The molecule has 19 heavy (non-hydrogen) atoms. The van der Waals surface area contributed by atoms with Gasteiger partial charge in [-0.3, -0.25) is 0 Å². The smallest absolute Gasteiger partial charge is 0.325 e. The standard InChI is InChI=1S/C12H12N2O4S/c1-9-2-4-11(5-3-9)19(17,18)8-10-6-7-13-12(10)14(15)16/h2-7,13H,8H2,1H3. The van der Waals surface area contributed by atoms with Gasteiger partial charge < -0.3 is 10.1 Å². The number of benzene rings is 1. The highest BCUT2D eigenvalue weighted by atomic mass is 32.2. The van der Waals surface area contributed by atoms with Crippen LogP contribution in [0.15, 0.2) is 41.4 Å². The lowest BCUT2D eigenvalue weighted by Gasteiger charge is -2.04. The number of aromatic nitrogens is 1. The lowest BCUT2D eigenvalue weighted by atomic mass is 10.2. The molecule has 0 aliphatic rings. The molecule has 0 saturated heterocycles. The molecule has 0 amide bonds. The van der Waals surface area contributed by atoms with Crippen molar-refractivity contribution in [2.45, 2.75) is 17.6 Å². The summed E-state index contributed by atoms with van der Waals surface area (Å²) in [4.78, 5) is 12.7. The number of rotatable bonds is 4. The zero-order valence-electron chi connectivity index (χ0n) is 10.2. The molecule has 0 aliphatic carbocycles. The number of sulfone groups is 1. The Morgan fingerprint density at radius 2 is 1.84 bits per heavy atom. The minimum absolute atomic E-state index is 0.158. The normalized spacial score (nSPS) is 11.4. The van der Waals surface area contributed by atoms with Gasteiger partial charge in [0.1, 0.15) is 0 Å². The van der Waals surface area contributed by atoms with Crippen LogP contribution < -0.4 is 0 Å². The SMILES string of the molecule is Cc1ccc(S(=O)(=O)Cc2cc[nH]c2[N+](=O)[O-])cc1. The van der Waals surface area contributed by atoms with Crippen LogP contribution in [-0.2, 0) is 15.6 Å². The van der Waals surface area contributed by atoms with E-state index in [1.54, 1.807) is 12.1 Å². The average molecular weight is 280 g/mol. The van der Waals surface area contributed by atoms with E-state index in [0.717, 1.165) is 5.56 Å². The summed E-state index contributed by atoms with van der Waals surface area (Å²) in [6.07, 6.45) is 1.36. The number of nitrogens with zero attached hydrogens (tertiary/aromatic N) is 1. The molecule has 1 aromatic carbocycles. The van der Waals surface area contributed by atoms with Crippen LogP contribution in [0.2, 0.25) is 0 Å². The van der Waals surface area contributed by atoms with Gasteiger partial charge in [0.25, 0.3) is 0 Å². The van der Waals surface area contributed by atoms with Crippen LogP contribution in [0, 0.1) is 17.0 Å². The van der Waals surface area contributed by atoms with Gasteiger partial charge in [-0.05, 0) is 30.0 Å². The zero-order chi connectivity index (χ0) is 14.0. The van der Waals surface area contributed by atoms with Gasteiger partial charge in [-0.2, -0.15) is 0 Å². The number of aryl methyl sites for hydroxylation is 1. The van der Waals surface area contributed by atoms with Gasteiger partial charge in [-0.25, -0.2) is 13.4 Å². The van der Waals surface area contributed by atoms with E-state index in [4.69, 9.17) is 0 Å². The Labute approximate surface area is 110 Å². The molecule has 1 heterocycles. The van der Waals surface area contributed by atoms with Crippen molar-refractivity contribution in [2.75, 3.05) is 0 Å². The van der Waals surface area contributed by atoms with Crippen LogP contribution >= 0.6 is 0 Å². The molecule has 0 bridgehead atoms. The lowest BCUT2D eigenvalue weighted by molar-refractivity contribution is -0.389. The first kappa shape index (κ1) is 13.3. The molecule has 0 aliphatic heterocycles. The molecule has 0 saturated carbocycles. The van der Waals surface area contributed by atoms with Gasteiger partial charge in [-0.1, -0.05) is 17.7 Å². The first-order chi connectivity index (χ1) is 8.90. The van der Waals surface area contributed by atoms with Gasteiger partial charge in [0.05, 0.1) is 22.4 Å². The Bertz CT molecular complexity index is 702. The van der Waals surface area contributed by atoms with Gasteiger partial charge in [0.15, 0.2) is 9.84 Å². The molecule has 2 rings (SSSR count). The molecule has 1 aromatic heterocycles. The van der Waals surface area contributed by atoms with E-state index >= 15 is 0 Å². The molecule has 0 atom stereocenters. The Balaban J connectivity index is 2.34. The van der Waals surface area contributed by atoms with Crippen molar-refractivity contribution in [3.8, 4) is 0 Å². The van der Waals surface area contributed by atoms with Crippen LogP contribution in [-0.4, -0.2) is 18.3 Å². The molecule has 1 N–H and O–H groups in total. The largest absolute Gasteiger partial charge is 0.358 e. The van der Waals surface area contributed by atoms with Crippen molar-refractivity contribution in [1.82, 2.24) is 4.98 Å². The summed E-state index contributed by atoms with van der Waals surface area (Å²) in [5.41, 5.74) is 1.11. The number of nitrogens with one attached hydrogen (secondary N) is 1. The van der Waals surface area contributed by atoms with E-state index in [-0.39, 0.29) is 16.3 Å². The summed E-state index contributed by atoms with van der Waals surface area (Å²) in [5, 5.41) is 10.7. The minimum atomic E-state index is -3.58. The van der Waals surface area contributed by atoms with Crippen molar-refractivity contribution in [3.05, 3.63) is 57.8 Å². The zero-order valence-corrected chi connectivity index (χ0v) is 11.0. The van der Waals surface area contributed by atoms with E-state index < -0.39 is 20.5 Å². The molecule has 0 spiro atoms. The van der Waals surface area contributed by atoms with Gasteiger partial charge in [0, 0.05) is 0 Å². The van der Waals surface area contributed by atoms with Gasteiger partial charge >= 0.3 is 5.82 Å². The third-order valence-electron chi connectivity index (χ3n) is 2.72. The number of hydrogen-bond acceptors (Lipinski definition) is 4. The maximum atomic E-state index is 12.1. The topological polar surface area (TPSA) is 93.1 Å². The molecule has 2 aromatic rings. The first-order valence-electron chi connectivity index (χ1n) is 5.50. The Morgan fingerprint density at radius 3 is 2.42 bits per heavy atom. The molecule has 0 radical (unpaired) electrons. The Kier molecular flexibility index (Phi) is 3.39. The first-order valence-corrected chi connectivity index (χ1v) is 7.15. The minimum Gasteiger partial charge on any atom is -0.358 e. The number of nitro groups is 1. The number of hydrogen-bond donors (Lipinski definition) is 1. The summed E-state index contributed by atoms with van der Waals surface area (Å²) in [6, 6.07) is 7.80. The number of aromatic amines is 1. The molecular formula is C12H12N2O4S. The summed E-state index contributed by atoms with van der Waals surface area (Å²) >= 11 is 0. The molecule has 0 unspecified atom stereocenters. The van der Waals surface area contributed by atoms with Gasteiger partial charge in [0.2, 0.25) is 0 Å². The Hall–Kier alpha value is -2.15. The predicted molar refractivity (Wildman–Crippen MR) is 69.5 cm³/mol. The lowest BCUT2D eigenvalue weighted by Crippen LogP contribution is -2.06. The van der Waals surface area contributed by atoms with Crippen molar-refractivity contribution >= 4 is 15.7 Å². The molecule has 100 valence electrons. The molecule has 6 nitrogen and oxygen atoms in total. The van der Waals surface area contributed by atoms with Crippen molar-refractivity contribution in [2.24, 2.45) is 0 Å². The second-order valence-electron chi connectivity index (χ2n) is 4.18. The quantitative estimate of drug-likeness (QED) is 0.686. The third kappa shape index (κ3) is 2.82. The average Bonchev–Trinajstić information content (AvgIpc) is 2.77. The van der Waals surface area contributed by atoms with Crippen LogP contribution in [0.25, 0.3) is 0 Å². The summed E-state index contributed by atoms with van der Waals surface area (Å²) in [5.74, 6) is -0.675.